The zero-order chi connectivity index (χ0) is 11.1. The Hall–Kier alpha value is -0.120. The molecular weight excluding hydrogens is 188 g/mol. The van der Waals surface area contributed by atoms with E-state index in [1.165, 1.54) is 12.8 Å². The van der Waals surface area contributed by atoms with E-state index in [4.69, 9.17) is 5.73 Å². The summed E-state index contributed by atoms with van der Waals surface area (Å²) in [6, 6.07) is 1.54. The molecule has 2 aliphatic carbocycles. The van der Waals surface area contributed by atoms with Gasteiger partial charge < -0.3 is 16.2 Å². The van der Waals surface area contributed by atoms with E-state index < -0.39 is 0 Å². The second kappa shape index (κ2) is 4.04. The maximum absolute atomic E-state index is 9.66. The highest BCUT2D eigenvalue weighted by Crippen LogP contribution is 2.41. The Kier molecular flexibility index (Phi) is 3.06. The highest BCUT2D eigenvalue weighted by Gasteiger charge is 2.47. The first kappa shape index (κ1) is 11.4. The lowest BCUT2D eigenvalue weighted by Crippen LogP contribution is -2.62. The molecule has 88 valence electrons. The molecule has 2 aliphatic rings. The van der Waals surface area contributed by atoms with Gasteiger partial charge in [-0.05, 0) is 32.1 Å². The molecule has 4 N–H and O–H groups in total. The minimum atomic E-state index is -0.124. The molecule has 2 unspecified atom stereocenters. The van der Waals surface area contributed by atoms with E-state index in [-0.39, 0.29) is 11.5 Å². The van der Waals surface area contributed by atoms with E-state index in [0.717, 1.165) is 19.3 Å². The summed E-state index contributed by atoms with van der Waals surface area (Å²) in [5.74, 6) is 0. The third-order valence-electron chi connectivity index (χ3n) is 4.42. The highest BCUT2D eigenvalue weighted by molar-refractivity contribution is 5.03. The highest BCUT2D eigenvalue weighted by atomic mass is 16.3. The van der Waals surface area contributed by atoms with Crippen molar-refractivity contribution in [1.82, 2.24) is 5.32 Å². The minimum Gasteiger partial charge on any atom is -0.392 e. The smallest absolute Gasteiger partial charge is 0.0621 e. The van der Waals surface area contributed by atoms with Crippen molar-refractivity contribution in [2.75, 3.05) is 0 Å². The van der Waals surface area contributed by atoms with Crippen molar-refractivity contribution >= 4 is 0 Å². The van der Waals surface area contributed by atoms with Crippen LogP contribution in [0.5, 0.6) is 0 Å². The van der Waals surface area contributed by atoms with Crippen LogP contribution in [-0.4, -0.2) is 29.3 Å². The van der Waals surface area contributed by atoms with Gasteiger partial charge in [-0.25, -0.2) is 0 Å². The molecule has 15 heavy (non-hydrogen) atoms. The van der Waals surface area contributed by atoms with Crippen molar-refractivity contribution in [1.29, 1.82) is 0 Å². The van der Waals surface area contributed by atoms with Gasteiger partial charge in [0.25, 0.3) is 0 Å². The van der Waals surface area contributed by atoms with Crippen LogP contribution in [0.2, 0.25) is 0 Å². The molecule has 2 rings (SSSR count). The Balaban J connectivity index is 1.79. The summed E-state index contributed by atoms with van der Waals surface area (Å²) in [5, 5.41) is 13.3. The Morgan fingerprint density at radius 3 is 2.27 bits per heavy atom. The Morgan fingerprint density at radius 1 is 1.20 bits per heavy atom. The molecule has 2 atom stereocenters. The zero-order valence-corrected chi connectivity index (χ0v) is 9.87. The predicted octanol–water partition coefficient (Wildman–Crippen LogP) is 1.01. The monoisotopic (exact) mass is 212 g/mol. The van der Waals surface area contributed by atoms with Crippen LogP contribution in [0, 0.1) is 5.41 Å². The van der Waals surface area contributed by atoms with Gasteiger partial charge in [0, 0.05) is 23.5 Å². The van der Waals surface area contributed by atoms with Gasteiger partial charge >= 0.3 is 0 Å². The molecule has 0 aromatic heterocycles. The van der Waals surface area contributed by atoms with E-state index in [0.29, 0.717) is 18.1 Å². The van der Waals surface area contributed by atoms with E-state index in [1.807, 2.05) is 0 Å². The number of nitrogens with two attached hydrogens (primary N) is 1. The second-order valence-corrected chi connectivity index (χ2v) is 5.90. The predicted molar refractivity (Wildman–Crippen MR) is 61.6 cm³/mol. The molecule has 3 heteroatoms. The van der Waals surface area contributed by atoms with Crippen LogP contribution < -0.4 is 11.1 Å². The van der Waals surface area contributed by atoms with E-state index in [9.17, 15) is 5.11 Å². The molecule has 0 aromatic carbocycles. The zero-order valence-electron chi connectivity index (χ0n) is 9.87. The Labute approximate surface area is 92.4 Å². The number of nitrogens with one attached hydrogen (secondary N) is 1. The molecule has 0 radical (unpaired) electrons. The Bertz CT molecular complexity index is 222. The Morgan fingerprint density at radius 2 is 1.80 bits per heavy atom. The summed E-state index contributed by atoms with van der Waals surface area (Å²) < 4.78 is 0. The number of hydrogen-bond acceptors (Lipinski definition) is 3. The van der Waals surface area contributed by atoms with Gasteiger partial charge in [0.2, 0.25) is 0 Å². The van der Waals surface area contributed by atoms with Gasteiger partial charge in [-0.2, -0.15) is 0 Å². The topological polar surface area (TPSA) is 58.3 Å². The molecule has 0 saturated heterocycles. The van der Waals surface area contributed by atoms with Gasteiger partial charge in [0.1, 0.15) is 0 Å². The standard InChI is InChI=1S/C12H24N2O/c1-12(2)10(7-11(12)15)14-9-5-3-8(13)4-6-9/h8-11,14-15H,3-7,13H2,1-2H3. The maximum Gasteiger partial charge on any atom is 0.0621 e. The first-order valence-electron chi connectivity index (χ1n) is 6.20. The van der Waals surface area contributed by atoms with Crippen LogP contribution >= 0.6 is 0 Å². The third kappa shape index (κ3) is 2.19. The fourth-order valence-corrected chi connectivity index (χ4v) is 2.76. The summed E-state index contributed by atoms with van der Waals surface area (Å²) in [5.41, 5.74) is 5.94. The van der Waals surface area contributed by atoms with Gasteiger partial charge in [-0.3, -0.25) is 0 Å². The van der Waals surface area contributed by atoms with Gasteiger partial charge in [-0.1, -0.05) is 13.8 Å². The first-order valence-corrected chi connectivity index (χ1v) is 6.20. The van der Waals surface area contributed by atoms with Crippen molar-refractivity contribution in [3.8, 4) is 0 Å². The normalized spacial score (nSPS) is 44.8. The summed E-state index contributed by atoms with van der Waals surface area (Å²) in [6.07, 6.45) is 5.48. The molecule has 0 aliphatic heterocycles. The lowest BCUT2D eigenvalue weighted by molar-refractivity contribution is -0.0771. The summed E-state index contributed by atoms with van der Waals surface area (Å²) in [4.78, 5) is 0. The average molecular weight is 212 g/mol. The number of aliphatic hydroxyl groups is 1. The summed E-state index contributed by atoms with van der Waals surface area (Å²) in [7, 11) is 0. The largest absolute Gasteiger partial charge is 0.392 e. The van der Waals surface area contributed by atoms with Crippen molar-refractivity contribution in [2.24, 2.45) is 11.1 Å². The molecule has 0 bridgehead atoms. The molecule has 3 nitrogen and oxygen atoms in total. The molecule has 0 aromatic rings. The average Bonchev–Trinajstić information content (AvgIpc) is 2.21. The van der Waals surface area contributed by atoms with Gasteiger partial charge in [-0.15, -0.1) is 0 Å². The van der Waals surface area contributed by atoms with E-state index >= 15 is 0 Å². The van der Waals surface area contributed by atoms with Crippen molar-refractivity contribution in [3.63, 3.8) is 0 Å². The molecule has 2 fully saturated rings. The quantitative estimate of drug-likeness (QED) is 0.640. The maximum atomic E-state index is 9.66. The van der Waals surface area contributed by atoms with Crippen molar-refractivity contribution in [2.45, 2.75) is 70.2 Å². The third-order valence-corrected chi connectivity index (χ3v) is 4.42. The van der Waals surface area contributed by atoms with Crippen LogP contribution in [0.1, 0.15) is 46.0 Å². The van der Waals surface area contributed by atoms with Crippen molar-refractivity contribution in [3.05, 3.63) is 0 Å². The molecule has 2 saturated carbocycles. The molecule has 0 heterocycles. The van der Waals surface area contributed by atoms with E-state index in [1.54, 1.807) is 0 Å². The van der Waals surface area contributed by atoms with Gasteiger partial charge in [0.15, 0.2) is 0 Å². The minimum absolute atomic E-state index is 0.0551. The van der Waals surface area contributed by atoms with Crippen LogP contribution in [-0.2, 0) is 0 Å². The lowest BCUT2D eigenvalue weighted by Gasteiger charge is -2.51. The van der Waals surface area contributed by atoms with Crippen LogP contribution in [0.25, 0.3) is 0 Å². The molecular formula is C12H24N2O. The SMILES string of the molecule is CC1(C)C(O)CC1NC1CCC(N)CC1. The molecule has 0 amide bonds. The summed E-state index contributed by atoms with van der Waals surface area (Å²) in [6.45, 7) is 4.29. The number of hydrogen-bond donors (Lipinski definition) is 3. The van der Waals surface area contributed by atoms with Crippen molar-refractivity contribution < 1.29 is 5.11 Å². The van der Waals surface area contributed by atoms with Crippen LogP contribution in [0.3, 0.4) is 0 Å². The fourth-order valence-electron chi connectivity index (χ4n) is 2.76. The summed E-state index contributed by atoms with van der Waals surface area (Å²) >= 11 is 0. The van der Waals surface area contributed by atoms with Crippen LogP contribution in [0.4, 0.5) is 0 Å². The number of aliphatic hydroxyl groups excluding tert-OH is 1. The van der Waals surface area contributed by atoms with E-state index in [2.05, 4.69) is 19.2 Å². The van der Waals surface area contributed by atoms with Crippen LogP contribution in [0.15, 0.2) is 0 Å². The van der Waals surface area contributed by atoms with Gasteiger partial charge in [0.05, 0.1) is 6.10 Å². The lowest BCUT2D eigenvalue weighted by atomic mass is 9.64. The fraction of sp³-hybridized carbons (Fsp3) is 1.00. The first-order chi connectivity index (χ1) is 7.00. The molecule has 0 spiro atoms. The second-order valence-electron chi connectivity index (χ2n) is 5.90. The number of rotatable bonds is 2.